The lowest BCUT2D eigenvalue weighted by molar-refractivity contribution is -0.870. The van der Waals surface area contributed by atoms with Crippen molar-refractivity contribution in [3.05, 3.63) is 0 Å². The second kappa shape index (κ2) is 3.67. The van der Waals surface area contributed by atoms with Crippen LogP contribution < -0.4 is 0 Å². The maximum atomic E-state index is 2.42. The van der Waals surface area contributed by atoms with Crippen molar-refractivity contribution in [3.63, 3.8) is 0 Å². The highest BCUT2D eigenvalue weighted by molar-refractivity contribution is 14.1. The fourth-order valence-electron chi connectivity index (χ4n) is 0.534. The molecule has 0 heterocycles. The van der Waals surface area contributed by atoms with E-state index in [9.17, 15) is 0 Å². The average molecular weight is 228 g/mol. The summed E-state index contributed by atoms with van der Waals surface area (Å²) < 4.78 is 2.39. The predicted octanol–water partition coefficient (Wildman–Crippen LogP) is 1.52. The highest BCUT2D eigenvalue weighted by atomic mass is 127. The van der Waals surface area contributed by atoms with Crippen LogP contribution in [-0.4, -0.2) is 36.6 Å². The van der Waals surface area contributed by atoms with Gasteiger partial charge >= 0.3 is 0 Å². The van der Waals surface area contributed by atoms with Gasteiger partial charge in [-0.1, -0.05) is 22.6 Å². The Bertz CT molecular complexity index is 56.0. The predicted molar refractivity (Wildman–Crippen MR) is 46.4 cm³/mol. The van der Waals surface area contributed by atoms with Crippen LogP contribution in [0.2, 0.25) is 0 Å². The summed E-state index contributed by atoms with van der Waals surface area (Å²) in [7, 11) is 6.69. The van der Waals surface area contributed by atoms with Crippen molar-refractivity contribution in [1.29, 1.82) is 0 Å². The number of halogens is 1. The van der Waals surface area contributed by atoms with E-state index in [4.69, 9.17) is 0 Å². The Morgan fingerprint density at radius 3 is 1.88 bits per heavy atom. The van der Waals surface area contributed by atoms with E-state index in [1.54, 1.807) is 0 Å². The fourth-order valence-corrected chi connectivity index (χ4v) is 0.875. The molecule has 50 valence electrons. The van der Waals surface area contributed by atoms with Gasteiger partial charge in [-0.05, 0) is 0 Å². The third-order valence-corrected chi connectivity index (χ3v) is 1.73. The Balaban J connectivity index is 3.11. The summed E-state index contributed by atoms with van der Waals surface area (Å²) in [6.07, 6.45) is 1.34. The molecule has 0 aliphatic rings. The smallest absolute Gasteiger partial charge is 0.0787 e. The molecule has 0 rings (SSSR count). The molecule has 8 heavy (non-hydrogen) atoms. The molecule has 0 saturated heterocycles. The van der Waals surface area contributed by atoms with Gasteiger partial charge in [0.15, 0.2) is 0 Å². The van der Waals surface area contributed by atoms with Crippen molar-refractivity contribution >= 4 is 22.6 Å². The second-order valence-corrected chi connectivity index (χ2v) is 4.14. The topological polar surface area (TPSA) is 0 Å². The van der Waals surface area contributed by atoms with E-state index in [-0.39, 0.29) is 0 Å². The molecule has 0 radical (unpaired) electrons. The molecule has 0 saturated carbocycles. The Morgan fingerprint density at radius 1 is 1.25 bits per heavy atom. The number of quaternary nitrogens is 1. The monoisotopic (exact) mass is 228 g/mol. The molecule has 0 fully saturated rings. The zero-order valence-corrected chi connectivity index (χ0v) is 8.10. The Hall–Kier alpha value is 0.690. The van der Waals surface area contributed by atoms with Crippen LogP contribution in [0.1, 0.15) is 6.42 Å². The minimum atomic E-state index is 1.10. The van der Waals surface area contributed by atoms with Gasteiger partial charge in [-0.15, -0.1) is 0 Å². The Morgan fingerprint density at radius 2 is 1.75 bits per heavy atom. The van der Waals surface area contributed by atoms with Crippen LogP contribution in [0.3, 0.4) is 0 Å². The first-order chi connectivity index (χ1) is 3.56. The first kappa shape index (κ1) is 8.69. The molecule has 0 aromatic rings. The maximum Gasteiger partial charge on any atom is 0.0787 e. The van der Waals surface area contributed by atoms with Gasteiger partial charge in [0.1, 0.15) is 0 Å². The summed E-state index contributed by atoms with van der Waals surface area (Å²) >= 11 is 2.42. The van der Waals surface area contributed by atoms with Gasteiger partial charge in [0.2, 0.25) is 0 Å². The van der Waals surface area contributed by atoms with Crippen molar-refractivity contribution in [2.24, 2.45) is 0 Å². The fraction of sp³-hybridized carbons (Fsp3) is 1.00. The molecule has 0 aromatic heterocycles. The van der Waals surface area contributed by atoms with Crippen LogP contribution in [0.15, 0.2) is 0 Å². The molecular formula is C6H15IN+. The van der Waals surface area contributed by atoms with Gasteiger partial charge < -0.3 is 4.48 Å². The lowest BCUT2D eigenvalue weighted by Gasteiger charge is -2.22. The SMILES string of the molecule is C[N+](C)(C)CCCI. The zero-order valence-electron chi connectivity index (χ0n) is 5.95. The first-order valence-corrected chi connectivity index (χ1v) is 4.45. The van der Waals surface area contributed by atoms with E-state index in [0.29, 0.717) is 0 Å². The van der Waals surface area contributed by atoms with Gasteiger partial charge in [0.05, 0.1) is 27.7 Å². The van der Waals surface area contributed by atoms with Crippen molar-refractivity contribution in [2.75, 3.05) is 32.1 Å². The molecule has 0 N–H and O–H groups in total. The summed E-state index contributed by atoms with van der Waals surface area (Å²) in [5.74, 6) is 0. The molecule has 0 aliphatic carbocycles. The standard InChI is InChI=1S/C6H15IN/c1-8(2,3)6-4-5-7/h4-6H2,1-3H3/q+1. The third-order valence-electron chi connectivity index (χ3n) is 0.963. The van der Waals surface area contributed by atoms with Gasteiger partial charge in [-0.3, -0.25) is 0 Å². The molecule has 2 heteroatoms. The highest BCUT2D eigenvalue weighted by Gasteiger charge is 2.03. The van der Waals surface area contributed by atoms with Gasteiger partial charge in [0.25, 0.3) is 0 Å². The average Bonchev–Trinajstić information content (AvgIpc) is 1.59. The van der Waals surface area contributed by atoms with E-state index in [0.717, 1.165) is 4.48 Å². The van der Waals surface area contributed by atoms with Gasteiger partial charge in [0, 0.05) is 10.8 Å². The van der Waals surface area contributed by atoms with E-state index in [1.807, 2.05) is 0 Å². The van der Waals surface area contributed by atoms with Crippen LogP contribution in [-0.2, 0) is 0 Å². The van der Waals surface area contributed by atoms with Crippen molar-refractivity contribution in [2.45, 2.75) is 6.42 Å². The normalized spacial score (nSPS) is 12.0. The van der Waals surface area contributed by atoms with E-state index in [1.165, 1.54) is 17.4 Å². The van der Waals surface area contributed by atoms with E-state index < -0.39 is 0 Å². The lowest BCUT2D eigenvalue weighted by atomic mass is 10.4. The lowest BCUT2D eigenvalue weighted by Crippen LogP contribution is -2.35. The van der Waals surface area contributed by atoms with E-state index in [2.05, 4.69) is 43.7 Å². The van der Waals surface area contributed by atoms with Crippen LogP contribution in [0, 0.1) is 0 Å². The molecule has 0 spiro atoms. The molecule has 0 amide bonds. The van der Waals surface area contributed by atoms with Gasteiger partial charge in [-0.2, -0.15) is 0 Å². The van der Waals surface area contributed by atoms with Crippen molar-refractivity contribution in [3.8, 4) is 0 Å². The minimum Gasteiger partial charge on any atom is -0.331 e. The van der Waals surface area contributed by atoms with E-state index >= 15 is 0 Å². The Labute approximate surface area is 65.8 Å². The van der Waals surface area contributed by atoms with Crippen molar-refractivity contribution < 1.29 is 4.48 Å². The third kappa shape index (κ3) is 6.69. The number of hydrogen-bond acceptors (Lipinski definition) is 0. The molecule has 0 bridgehead atoms. The zero-order chi connectivity index (χ0) is 6.62. The summed E-state index contributed by atoms with van der Waals surface area (Å²) in [5, 5.41) is 0. The van der Waals surface area contributed by atoms with Crippen molar-refractivity contribution in [1.82, 2.24) is 0 Å². The van der Waals surface area contributed by atoms with Crippen LogP contribution in [0.4, 0.5) is 0 Å². The highest BCUT2D eigenvalue weighted by Crippen LogP contribution is 1.95. The minimum absolute atomic E-state index is 1.10. The van der Waals surface area contributed by atoms with Crippen LogP contribution in [0.5, 0.6) is 0 Å². The first-order valence-electron chi connectivity index (χ1n) is 2.93. The molecule has 0 unspecified atom stereocenters. The number of nitrogens with zero attached hydrogens (tertiary/aromatic N) is 1. The second-order valence-electron chi connectivity index (χ2n) is 3.06. The Kier molecular flexibility index (Phi) is 3.98. The summed E-state index contributed by atoms with van der Waals surface area (Å²) in [5.41, 5.74) is 0. The van der Waals surface area contributed by atoms with Crippen LogP contribution in [0.25, 0.3) is 0 Å². The number of rotatable bonds is 3. The molecule has 0 aromatic carbocycles. The summed E-state index contributed by atoms with van der Waals surface area (Å²) in [6, 6.07) is 0. The van der Waals surface area contributed by atoms with Gasteiger partial charge in [-0.25, -0.2) is 0 Å². The van der Waals surface area contributed by atoms with Crippen LogP contribution >= 0.6 is 22.6 Å². The summed E-state index contributed by atoms with van der Waals surface area (Å²) in [4.78, 5) is 0. The largest absolute Gasteiger partial charge is 0.331 e. The molecule has 1 nitrogen and oxygen atoms in total. The number of alkyl halides is 1. The molecular weight excluding hydrogens is 213 g/mol. The summed E-state index contributed by atoms with van der Waals surface area (Å²) in [6.45, 7) is 1.29. The molecule has 0 aliphatic heterocycles. The maximum absolute atomic E-state index is 2.42. The number of hydrogen-bond donors (Lipinski definition) is 0. The quantitative estimate of drug-likeness (QED) is 0.390. The molecule has 0 atom stereocenters.